The van der Waals surface area contributed by atoms with Crippen LogP contribution in [0.5, 0.6) is 0 Å². The van der Waals surface area contributed by atoms with Gasteiger partial charge in [0.15, 0.2) is 5.84 Å². The number of hydrogen-bond acceptors (Lipinski definition) is 5. The molecule has 2 aliphatic rings. The van der Waals surface area contributed by atoms with E-state index >= 15 is 0 Å². The molecule has 0 unspecified atom stereocenters. The smallest absolute Gasteiger partial charge is 0.256 e. The molecule has 0 radical (unpaired) electrons. The first-order valence-electron chi connectivity index (χ1n) is 6.50. The topological polar surface area (TPSA) is 90.9 Å². The van der Waals surface area contributed by atoms with Crippen LogP contribution in [-0.4, -0.2) is 57.0 Å². The Kier molecular flexibility index (Phi) is 4.56. The fourth-order valence-electron chi connectivity index (χ4n) is 1.93. The Morgan fingerprint density at radius 2 is 2.25 bits per heavy atom. The summed E-state index contributed by atoms with van der Waals surface area (Å²) in [6, 6.07) is 0. The zero-order valence-electron chi connectivity index (χ0n) is 11.3. The number of amidine groups is 1. The van der Waals surface area contributed by atoms with Crippen molar-refractivity contribution in [3.05, 3.63) is 23.9 Å². The lowest BCUT2D eigenvalue weighted by atomic mass is 10.1. The van der Waals surface area contributed by atoms with Crippen molar-refractivity contribution in [3.8, 4) is 0 Å². The molecule has 0 aromatic heterocycles. The van der Waals surface area contributed by atoms with Gasteiger partial charge in [0.25, 0.3) is 15.9 Å². The van der Waals surface area contributed by atoms with Crippen LogP contribution in [-0.2, 0) is 14.8 Å². The number of likely N-dealkylation sites (N-methyl/N-ethyl adjacent to an activating group) is 1. The largest absolute Gasteiger partial charge is 0.351 e. The van der Waals surface area contributed by atoms with E-state index in [9.17, 15) is 13.2 Å². The van der Waals surface area contributed by atoms with E-state index in [4.69, 9.17) is 0 Å². The third-order valence-corrected chi connectivity index (χ3v) is 4.09. The molecule has 1 amide bonds. The van der Waals surface area contributed by atoms with Gasteiger partial charge in [0.1, 0.15) is 0 Å². The zero-order chi connectivity index (χ0) is 14.6. The minimum atomic E-state index is -3.47. The lowest BCUT2D eigenvalue weighted by Gasteiger charge is -2.28. The van der Waals surface area contributed by atoms with Gasteiger partial charge in [0.05, 0.1) is 11.3 Å². The second-order valence-corrected chi connectivity index (χ2v) is 6.18. The fraction of sp³-hybridized carbons (Fsp3) is 0.500. The molecule has 2 heterocycles. The lowest BCUT2D eigenvalue weighted by Crippen LogP contribution is -2.43. The first-order valence-corrected chi connectivity index (χ1v) is 8.11. The van der Waals surface area contributed by atoms with Crippen LogP contribution in [0.1, 0.15) is 6.92 Å². The summed E-state index contributed by atoms with van der Waals surface area (Å²) in [6.07, 6.45) is 5.03. The number of carbonyl (C=O) groups is 1. The molecule has 0 bridgehead atoms. The van der Waals surface area contributed by atoms with Gasteiger partial charge in [-0.25, -0.2) is 8.42 Å². The summed E-state index contributed by atoms with van der Waals surface area (Å²) in [5.41, 5.74) is 0.285. The summed E-state index contributed by atoms with van der Waals surface area (Å²) >= 11 is 0. The van der Waals surface area contributed by atoms with Gasteiger partial charge in [-0.3, -0.25) is 4.79 Å². The Morgan fingerprint density at radius 3 is 3.00 bits per heavy atom. The second kappa shape index (κ2) is 6.19. The summed E-state index contributed by atoms with van der Waals surface area (Å²) in [5.74, 6) is -0.135. The molecule has 110 valence electrons. The molecule has 20 heavy (non-hydrogen) atoms. The van der Waals surface area contributed by atoms with Crippen LogP contribution in [0, 0.1) is 0 Å². The number of fused-ring (bicyclic) bond motifs is 1. The molecule has 0 atom stereocenters. The predicted octanol–water partition coefficient (Wildman–Crippen LogP) is -0.790. The molecular weight excluding hydrogens is 280 g/mol. The van der Waals surface area contributed by atoms with Crippen LogP contribution >= 0.6 is 0 Å². The molecule has 0 saturated heterocycles. The number of nitrogens with one attached hydrogen (secondary N) is 2. The highest BCUT2D eigenvalue weighted by molar-refractivity contribution is 7.90. The van der Waals surface area contributed by atoms with Gasteiger partial charge in [0.2, 0.25) is 0 Å². The van der Waals surface area contributed by atoms with Gasteiger partial charge in [-0.05, 0) is 18.7 Å². The minimum absolute atomic E-state index is 0.0316. The number of carbonyl (C=O) groups excluding carboxylic acids is 1. The summed E-state index contributed by atoms with van der Waals surface area (Å²) in [6.45, 7) is 4.28. The van der Waals surface area contributed by atoms with Crippen molar-refractivity contribution in [2.24, 2.45) is 4.40 Å². The SMILES string of the molecule is CCNCCNC(=O)C1=CC=CN2CCS(=O)(=O)N=C12. The van der Waals surface area contributed by atoms with Crippen molar-refractivity contribution >= 4 is 21.8 Å². The summed E-state index contributed by atoms with van der Waals surface area (Å²) < 4.78 is 26.8. The molecule has 2 rings (SSSR count). The highest BCUT2D eigenvalue weighted by atomic mass is 32.2. The number of hydrogen-bond donors (Lipinski definition) is 2. The van der Waals surface area contributed by atoms with Crippen LogP contribution in [0.15, 0.2) is 28.3 Å². The van der Waals surface area contributed by atoms with Crippen molar-refractivity contribution < 1.29 is 13.2 Å². The van der Waals surface area contributed by atoms with E-state index in [2.05, 4.69) is 15.0 Å². The van der Waals surface area contributed by atoms with Gasteiger partial charge >= 0.3 is 0 Å². The fourth-order valence-corrected chi connectivity index (χ4v) is 2.92. The molecule has 0 fully saturated rings. The maximum absolute atomic E-state index is 12.1. The lowest BCUT2D eigenvalue weighted by molar-refractivity contribution is -0.117. The first-order chi connectivity index (χ1) is 9.53. The van der Waals surface area contributed by atoms with Crippen molar-refractivity contribution in [2.45, 2.75) is 6.92 Å². The summed E-state index contributed by atoms with van der Waals surface area (Å²) in [5, 5.41) is 5.83. The number of amides is 1. The van der Waals surface area contributed by atoms with Crippen LogP contribution in [0.2, 0.25) is 0 Å². The molecule has 8 heteroatoms. The Bertz CT molecular complexity index is 578. The maximum atomic E-state index is 12.1. The van der Waals surface area contributed by atoms with Crippen molar-refractivity contribution in [1.82, 2.24) is 15.5 Å². The van der Waals surface area contributed by atoms with Gasteiger partial charge in [0, 0.05) is 25.8 Å². The Morgan fingerprint density at radius 1 is 1.45 bits per heavy atom. The quantitative estimate of drug-likeness (QED) is 0.649. The highest BCUT2D eigenvalue weighted by Gasteiger charge is 2.29. The van der Waals surface area contributed by atoms with E-state index < -0.39 is 10.0 Å². The van der Waals surface area contributed by atoms with E-state index in [1.165, 1.54) is 0 Å². The maximum Gasteiger partial charge on any atom is 0.256 e. The minimum Gasteiger partial charge on any atom is -0.351 e. The van der Waals surface area contributed by atoms with Gasteiger partial charge in [-0.15, -0.1) is 4.40 Å². The molecule has 2 N–H and O–H groups in total. The predicted molar refractivity (Wildman–Crippen MR) is 76.7 cm³/mol. The Balaban J connectivity index is 2.10. The summed E-state index contributed by atoms with van der Waals surface area (Å²) in [7, 11) is -3.47. The van der Waals surface area contributed by atoms with Crippen molar-refractivity contribution in [2.75, 3.05) is 31.9 Å². The highest BCUT2D eigenvalue weighted by Crippen LogP contribution is 2.17. The normalized spacial score (nSPS) is 19.9. The van der Waals surface area contributed by atoms with Crippen LogP contribution < -0.4 is 10.6 Å². The van der Waals surface area contributed by atoms with E-state index in [0.717, 1.165) is 6.54 Å². The summed E-state index contributed by atoms with van der Waals surface area (Å²) in [4.78, 5) is 13.8. The molecule has 7 nitrogen and oxygen atoms in total. The van der Waals surface area contributed by atoms with Gasteiger partial charge in [-0.1, -0.05) is 6.92 Å². The number of nitrogens with zero attached hydrogens (tertiary/aromatic N) is 2. The molecule has 0 aromatic carbocycles. The molecular formula is C12H18N4O3S. The van der Waals surface area contributed by atoms with Crippen LogP contribution in [0.4, 0.5) is 0 Å². The van der Waals surface area contributed by atoms with Crippen LogP contribution in [0.3, 0.4) is 0 Å². The monoisotopic (exact) mass is 298 g/mol. The van der Waals surface area contributed by atoms with Crippen molar-refractivity contribution in [3.63, 3.8) is 0 Å². The number of allylic oxidation sites excluding steroid dienone is 2. The number of sulfonamides is 1. The molecule has 0 saturated carbocycles. The molecule has 0 aliphatic carbocycles. The van der Waals surface area contributed by atoms with E-state index in [1.54, 1.807) is 23.3 Å². The Hall–Kier alpha value is -1.67. The number of rotatable bonds is 5. The van der Waals surface area contributed by atoms with E-state index in [-0.39, 0.29) is 23.1 Å². The van der Waals surface area contributed by atoms with E-state index in [0.29, 0.717) is 19.6 Å². The van der Waals surface area contributed by atoms with E-state index in [1.807, 2.05) is 6.92 Å². The second-order valence-electron chi connectivity index (χ2n) is 4.43. The molecule has 2 aliphatic heterocycles. The first kappa shape index (κ1) is 14.7. The molecule has 0 aromatic rings. The van der Waals surface area contributed by atoms with Crippen molar-refractivity contribution in [1.29, 1.82) is 0 Å². The van der Waals surface area contributed by atoms with Gasteiger partial charge in [-0.2, -0.15) is 0 Å². The average molecular weight is 298 g/mol. The average Bonchev–Trinajstić information content (AvgIpc) is 2.42. The zero-order valence-corrected chi connectivity index (χ0v) is 12.1. The third-order valence-electron chi connectivity index (χ3n) is 2.94. The standard InChI is InChI=1S/C12H18N4O3S/c1-2-13-5-6-14-12(17)10-4-3-7-16-8-9-20(18,19)15-11(10)16/h3-4,7,13H,2,5-6,8-9H2,1H3,(H,14,17). The Labute approximate surface area is 118 Å². The third kappa shape index (κ3) is 3.45. The van der Waals surface area contributed by atoms with Gasteiger partial charge < -0.3 is 15.5 Å². The molecule has 0 spiro atoms. The van der Waals surface area contributed by atoms with Crippen LogP contribution in [0.25, 0.3) is 0 Å².